The smallest absolute Gasteiger partial charge is 0.251 e. The van der Waals surface area contributed by atoms with Gasteiger partial charge in [0, 0.05) is 18.7 Å². The minimum Gasteiger partial charge on any atom is -0.345 e. The first kappa shape index (κ1) is 21.5. The van der Waals surface area contributed by atoms with E-state index in [1.807, 2.05) is 13.0 Å². The van der Waals surface area contributed by atoms with Crippen LogP contribution in [0.3, 0.4) is 0 Å². The Hall–Kier alpha value is -2.18. The molecule has 1 aliphatic heterocycles. The molecule has 1 N–H and O–H groups in total. The molecular formula is C23H30N2O3S. The zero-order valence-corrected chi connectivity index (χ0v) is 18.5. The van der Waals surface area contributed by atoms with E-state index in [1.54, 1.807) is 19.1 Å². The molecule has 0 radical (unpaired) electrons. The normalized spacial score (nSPS) is 16.0. The number of sulfonamides is 1. The van der Waals surface area contributed by atoms with Gasteiger partial charge < -0.3 is 5.32 Å². The molecule has 5 nitrogen and oxygen atoms in total. The Morgan fingerprint density at radius 3 is 2.28 bits per heavy atom. The minimum absolute atomic E-state index is 0.123. The molecule has 1 saturated heterocycles. The molecule has 0 aliphatic carbocycles. The lowest BCUT2D eigenvalue weighted by atomic mass is 9.99. The molecule has 1 fully saturated rings. The third-order valence-corrected chi connectivity index (χ3v) is 7.82. The first-order valence-electron chi connectivity index (χ1n) is 10.2. The number of amides is 1. The lowest BCUT2D eigenvalue weighted by Gasteiger charge is -2.20. The third kappa shape index (κ3) is 4.54. The van der Waals surface area contributed by atoms with Gasteiger partial charge in [0.25, 0.3) is 5.91 Å². The van der Waals surface area contributed by atoms with Crippen LogP contribution in [0.5, 0.6) is 0 Å². The Labute approximate surface area is 174 Å². The second-order valence-electron chi connectivity index (χ2n) is 7.87. The lowest BCUT2D eigenvalue weighted by Crippen LogP contribution is -2.30. The van der Waals surface area contributed by atoms with Gasteiger partial charge in [-0.15, -0.1) is 0 Å². The van der Waals surface area contributed by atoms with Crippen molar-refractivity contribution in [3.63, 3.8) is 0 Å². The molecule has 0 unspecified atom stereocenters. The Kier molecular flexibility index (Phi) is 6.44. The van der Waals surface area contributed by atoms with Crippen molar-refractivity contribution in [2.45, 2.75) is 57.9 Å². The second-order valence-corrected chi connectivity index (χ2v) is 9.78. The van der Waals surface area contributed by atoms with Gasteiger partial charge in [-0.3, -0.25) is 4.79 Å². The molecule has 3 rings (SSSR count). The van der Waals surface area contributed by atoms with Gasteiger partial charge in [0.05, 0.1) is 10.9 Å². The van der Waals surface area contributed by atoms with Crippen LogP contribution in [0.4, 0.5) is 0 Å². The number of carbonyl (C=O) groups is 1. The summed E-state index contributed by atoms with van der Waals surface area (Å²) >= 11 is 0. The summed E-state index contributed by atoms with van der Waals surface area (Å²) in [6.07, 6.45) is 2.51. The molecule has 0 aromatic heterocycles. The summed E-state index contributed by atoms with van der Waals surface area (Å²) in [6.45, 7) is 9.01. The van der Waals surface area contributed by atoms with Crippen LogP contribution < -0.4 is 5.32 Å². The number of aryl methyl sites for hydroxylation is 3. The van der Waals surface area contributed by atoms with Gasteiger partial charge in [-0.25, -0.2) is 8.42 Å². The highest BCUT2D eigenvalue weighted by Gasteiger charge is 2.29. The summed E-state index contributed by atoms with van der Waals surface area (Å²) < 4.78 is 27.5. The van der Waals surface area contributed by atoms with Crippen LogP contribution in [0, 0.1) is 20.8 Å². The Bertz CT molecular complexity index is 1010. The van der Waals surface area contributed by atoms with Gasteiger partial charge in [-0.05, 0) is 74.4 Å². The zero-order chi connectivity index (χ0) is 21.2. The van der Waals surface area contributed by atoms with E-state index < -0.39 is 10.0 Å². The molecule has 2 aromatic rings. The van der Waals surface area contributed by atoms with Crippen molar-refractivity contribution in [2.75, 3.05) is 13.1 Å². The van der Waals surface area contributed by atoms with Gasteiger partial charge in [0.2, 0.25) is 10.0 Å². The number of nitrogens with one attached hydrogen (secondary N) is 1. The van der Waals surface area contributed by atoms with E-state index in [-0.39, 0.29) is 16.8 Å². The van der Waals surface area contributed by atoms with Crippen LogP contribution in [0.1, 0.15) is 64.8 Å². The Morgan fingerprint density at radius 2 is 1.66 bits per heavy atom. The Balaban J connectivity index is 1.86. The zero-order valence-electron chi connectivity index (χ0n) is 17.7. The van der Waals surface area contributed by atoms with Crippen LogP contribution in [-0.4, -0.2) is 31.7 Å². The predicted molar refractivity (Wildman–Crippen MR) is 116 cm³/mol. The predicted octanol–water partition coefficient (Wildman–Crippen LogP) is 4.28. The molecule has 2 aromatic carbocycles. The van der Waals surface area contributed by atoms with E-state index in [9.17, 15) is 13.2 Å². The van der Waals surface area contributed by atoms with Crippen molar-refractivity contribution >= 4 is 15.9 Å². The van der Waals surface area contributed by atoms with Crippen LogP contribution in [-0.2, 0) is 10.0 Å². The fraction of sp³-hybridized carbons (Fsp3) is 0.435. The van der Waals surface area contributed by atoms with Crippen molar-refractivity contribution in [1.29, 1.82) is 0 Å². The highest BCUT2D eigenvalue weighted by atomic mass is 32.2. The average molecular weight is 415 g/mol. The molecule has 0 spiro atoms. The summed E-state index contributed by atoms with van der Waals surface area (Å²) in [5.41, 5.74) is 4.49. The van der Waals surface area contributed by atoms with E-state index in [0.717, 1.165) is 24.8 Å². The second kappa shape index (κ2) is 8.67. The van der Waals surface area contributed by atoms with Gasteiger partial charge in [0.15, 0.2) is 0 Å². The van der Waals surface area contributed by atoms with E-state index in [2.05, 4.69) is 31.3 Å². The average Bonchev–Trinajstić information content (AvgIpc) is 3.24. The molecule has 29 heavy (non-hydrogen) atoms. The molecule has 1 aliphatic rings. The quantitative estimate of drug-likeness (QED) is 0.767. The number of hydrogen-bond donors (Lipinski definition) is 1. The molecule has 0 saturated carbocycles. The van der Waals surface area contributed by atoms with Crippen LogP contribution in [0.25, 0.3) is 0 Å². The fourth-order valence-corrected chi connectivity index (χ4v) is 5.50. The van der Waals surface area contributed by atoms with Crippen molar-refractivity contribution in [3.05, 3.63) is 64.2 Å². The largest absolute Gasteiger partial charge is 0.345 e. The molecule has 6 heteroatoms. The highest BCUT2D eigenvalue weighted by molar-refractivity contribution is 7.89. The van der Waals surface area contributed by atoms with Gasteiger partial charge in [-0.2, -0.15) is 4.31 Å². The van der Waals surface area contributed by atoms with E-state index in [4.69, 9.17) is 0 Å². The maximum Gasteiger partial charge on any atom is 0.251 e. The third-order valence-electron chi connectivity index (χ3n) is 5.78. The minimum atomic E-state index is -3.57. The summed E-state index contributed by atoms with van der Waals surface area (Å²) in [5, 5.41) is 3.07. The molecular weight excluding hydrogens is 384 g/mol. The summed E-state index contributed by atoms with van der Waals surface area (Å²) in [7, 11) is -3.57. The molecule has 0 bridgehead atoms. The standard InChI is InChI=1S/C23H30N2O3S/c1-5-21(19-10-8-16(2)18(4)14-19)24-23(26)20-11-9-17(3)22(15-20)29(27,28)25-12-6-7-13-25/h8-11,14-15,21H,5-7,12-13H2,1-4H3,(H,24,26)/t21-/m1/s1. The van der Waals surface area contributed by atoms with Crippen molar-refractivity contribution in [3.8, 4) is 0 Å². The fourth-order valence-electron chi connectivity index (χ4n) is 3.73. The van der Waals surface area contributed by atoms with Gasteiger partial charge in [0.1, 0.15) is 0 Å². The molecule has 1 heterocycles. The van der Waals surface area contributed by atoms with Crippen molar-refractivity contribution in [2.24, 2.45) is 0 Å². The number of rotatable bonds is 6. The Morgan fingerprint density at radius 1 is 1.00 bits per heavy atom. The number of nitrogens with zero attached hydrogens (tertiary/aromatic N) is 1. The highest BCUT2D eigenvalue weighted by Crippen LogP contribution is 2.25. The molecule has 1 amide bonds. The first-order valence-corrected chi connectivity index (χ1v) is 11.7. The summed E-state index contributed by atoms with van der Waals surface area (Å²) in [6, 6.07) is 11.0. The van der Waals surface area contributed by atoms with Gasteiger partial charge in [-0.1, -0.05) is 31.2 Å². The summed E-state index contributed by atoms with van der Waals surface area (Å²) in [5.74, 6) is -0.257. The topological polar surface area (TPSA) is 66.5 Å². The first-order chi connectivity index (χ1) is 13.7. The van der Waals surface area contributed by atoms with Crippen LogP contribution >= 0.6 is 0 Å². The SMILES string of the molecule is CC[C@@H](NC(=O)c1ccc(C)c(S(=O)(=O)N2CCCC2)c1)c1ccc(C)c(C)c1. The van der Waals surface area contributed by atoms with E-state index in [0.29, 0.717) is 24.2 Å². The number of carbonyl (C=O) groups excluding carboxylic acids is 1. The summed E-state index contributed by atoms with van der Waals surface area (Å²) in [4.78, 5) is 13.2. The maximum absolute atomic E-state index is 13.0. The van der Waals surface area contributed by atoms with E-state index in [1.165, 1.54) is 21.5 Å². The molecule has 1 atom stereocenters. The van der Waals surface area contributed by atoms with Crippen LogP contribution in [0.15, 0.2) is 41.3 Å². The van der Waals surface area contributed by atoms with Crippen molar-refractivity contribution < 1.29 is 13.2 Å². The maximum atomic E-state index is 13.0. The lowest BCUT2D eigenvalue weighted by molar-refractivity contribution is 0.0935. The monoisotopic (exact) mass is 414 g/mol. The van der Waals surface area contributed by atoms with Crippen LogP contribution in [0.2, 0.25) is 0 Å². The van der Waals surface area contributed by atoms with Gasteiger partial charge >= 0.3 is 0 Å². The number of hydrogen-bond acceptors (Lipinski definition) is 3. The van der Waals surface area contributed by atoms with Crippen molar-refractivity contribution in [1.82, 2.24) is 9.62 Å². The molecule has 156 valence electrons. The van der Waals surface area contributed by atoms with E-state index >= 15 is 0 Å². The number of benzene rings is 2.